The smallest absolute Gasteiger partial charge is 0.422 e. The summed E-state index contributed by atoms with van der Waals surface area (Å²) in [5.41, 5.74) is 3.15. The van der Waals surface area contributed by atoms with Crippen LogP contribution in [0.25, 0.3) is 0 Å². The lowest BCUT2D eigenvalue weighted by molar-refractivity contribution is -0.154. The van der Waals surface area contributed by atoms with Crippen molar-refractivity contribution >= 4 is 43.1 Å². The average molecular weight is 786 g/mol. The van der Waals surface area contributed by atoms with Crippen molar-refractivity contribution in [2.24, 2.45) is 0 Å². The standard InChI is InChI=1S/C36H39F3N6O4.3ClH/c1-3-48-35-41-32(47-2)29(33(42-35)49-24-36(37,38)39)22-43-20-28-21-44(34(46)27-14-16-40-17-15-27)18-19-45(28)30(23-43)31(25-10-6-4-7-11-25)26-12-8-5-9-13-26;;;/h4-17,28,30-31H,3,18-24H2,1-2H3;3*1H/t28-,30+;;;/m1.../s1. The molecule has 1 amide bonds. The highest BCUT2D eigenvalue weighted by Gasteiger charge is 2.43. The molecule has 2 aromatic carbocycles. The molecule has 282 valence electrons. The van der Waals surface area contributed by atoms with E-state index in [2.05, 4.69) is 49.0 Å². The first-order chi connectivity index (χ1) is 23.7. The molecule has 10 nitrogen and oxygen atoms in total. The summed E-state index contributed by atoms with van der Waals surface area (Å²) in [5, 5.41) is 0. The Morgan fingerprint density at radius 2 is 1.46 bits per heavy atom. The number of halogens is 6. The zero-order valence-electron chi connectivity index (χ0n) is 28.6. The van der Waals surface area contributed by atoms with Crippen molar-refractivity contribution in [3.8, 4) is 17.8 Å². The van der Waals surface area contributed by atoms with Gasteiger partial charge < -0.3 is 19.1 Å². The molecule has 2 aliphatic rings. The molecule has 0 unspecified atom stereocenters. The van der Waals surface area contributed by atoms with Gasteiger partial charge in [-0.2, -0.15) is 23.1 Å². The van der Waals surface area contributed by atoms with Gasteiger partial charge in [0.05, 0.1) is 19.3 Å². The molecule has 0 bridgehead atoms. The molecule has 2 saturated heterocycles. The highest BCUT2D eigenvalue weighted by Crippen LogP contribution is 2.38. The minimum Gasteiger partial charge on any atom is -0.481 e. The molecule has 0 saturated carbocycles. The maximum atomic E-state index is 13.6. The SMILES string of the molecule is CCOc1nc(OC)c(CN2C[C@@H]3CN(C(=O)c4ccncc4)CCN3[C@H](C(c3ccccc3)c3ccccc3)C2)c(OCC(F)(F)F)n1.Cl.Cl.Cl. The zero-order chi connectivity index (χ0) is 34.4. The number of carbonyl (C=O) groups excluding carboxylic acids is 1. The van der Waals surface area contributed by atoms with E-state index < -0.39 is 12.8 Å². The summed E-state index contributed by atoms with van der Waals surface area (Å²) in [5.74, 6) is -0.264. The van der Waals surface area contributed by atoms with Crippen molar-refractivity contribution < 1.29 is 32.2 Å². The topological polar surface area (TPSA) is 93.2 Å². The van der Waals surface area contributed by atoms with Gasteiger partial charge >= 0.3 is 12.2 Å². The number of amides is 1. The normalized spacial score (nSPS) is 17.5. The summed E-state index contributed by atoms with van der Waals surface area (Å²) < 4.78 is 56.3. The van der Waals surface area contributed by atoms with E-state index in [4.69, 9.17) is 14.2 Å². The van der Waals surface area contributed by atoms with Crippen LogP contribution in [0.5, 0.6) is 17.8 Å². The maximum absolute atomic E-state index is 13.6. The minimum atomic E-state index is -4.58. The number of nitrogens with zero attached hydrogens (tertiary/aromatic N) is 6. The summed E-state index contributed by atoms with van der Waals surface area (Å²) in [6.45, 7) is 3.34. The van der Waals surface area contributed by atoms with Crippen LogP contribution in [-0.2, 0) is 6.54 Å². The number of hydrogen-bond acceptors (Lipinski definition) is 9. The predicted molar refractivity (Wildman–Crippen MR) is 197 cm³/mol. The molecule has 4 aromatic rings. The first-order valence-corrected chi connectivity index (χ1v) is 16.3. The second kappa shape index (κ2) is 19.3. The number of hydrogen-bond donors (Lipinski definition) is 0. The molecule has 0 spiro atoms. The molecule has 2 fully saturated rings. The fraction of sp³-hybridized carbons (Fsp3) is 0.389. The Balaban J connectivity index is 0.00000243. The Bertz CT molecular complexity index is 1660. The van der Waals surface area contributed by atoms with Crippen molar-refractivity contribution in [1.29, 1.82) is 0 Å². The van der Waals surface area contributed by atoms with Crippen molar-refractivity contribution in [2.45, 2.75) is 37.6 Å². The second-order valence-corrected chi connectivity index (χ2v) is 12.1. The molecule has 52 heavy (non-hydrogen) atoms. The lowest BCUT2D eigenvalue weighted by Gasteiger charge is -2.53. The van der Waals surface area contributed by atoms with Gasteiger partial charge in [-0.25, -0.2) is 0 Å². The number of carbonyl (C=O) groups is 1. The minimum absolute atomic E-state index is 0. The summed E-state index contributed by atoms with van der Waals surface area (Å²) in [6.07, 6.45) is -1.36. The fourth-order valence-electron chi connectivity index (χ4n) is 6.87. The Hall–Kier alpha value is -3.88. The van der Waals surface area contributed by atoms with Crippen LogP contribution in [0.4, 0.5) is 13.2 Å². The van der Waals surface area contributed by atoms with Gasteiger partial charge in [0.1, 0.15) is 0 Å². The van der Waals surface area contributed by atoms with Gasteiger partial charge in [0.25, 0.3) is 5.91 Å². The van der Waals surface area contributed by atoms with E-state index >= 15 is 0 Å². The number of piperazine rings is 2. The van der Waals surface area contributed by atoms with Crippen LogP contribution in [-0.4, -0.2) is 107 Å². The monoisotopic (exact) mass is 784 g/mol. The van der Waals surface area contributed by atoms with Crippen molar-refractivity contribution in [1.82, 2.24) is 29.7 Å². The van der Waals surface area contributed by atoms with Gasteiger partial charge in [-0.05, 0) is 30.2 Å². The Kier molecular flexibility index (Phi) is 15.8. The fourth-order valence-corrected chi connectivity index (χ4v) is 6.87. The highest BCUT2D eigenvalue weighted by molar-refractivity contribution is 5.94. The Morgan fingerprint density at radius 1 is 0.846 bits per heavy atom. The number of fused-ring (bicyclic) bond motifs is 1. The van der Waals surface area contributed by atoms with Gasteiger partial charge in [0, 0.05) is 75.2 Å². The molecule has 2 atom stereocenters. The third-order valence-corrected chi connectivity index (χ3v) is 8.92. The van der Waals surface area contributed by atoms with Crippen LogP contribution in [0.1, 0.15) is 39.9 Å². The lowest BCUT2D eigenvalue weighted by atomic mass is 9.81. The van der Waals surface area contributed by atoms with Crippen molar-refractivity contribution in [3.05, 3.63) is 107 Å². The summed E-state index contributed by atoms with van der Waals surface area (Å²) in [6, 6.07) is 23.8. The Morgan fingerprint density at radius 3 is 2.04 bits per heavy atom. The van der Waals surface area contributed by atoms with Gasteiger partial charge in [0.2, 0.25) is 11.8 Å². The van der Waals surface area contributed by atoms with E-state index in [-0.39, 0.29) is 92.1 Å². The lowest BCUT2D eigenvalue weighted by Crippen LogP contribution is -2.67. The molecule has 0 N–H and O–H groups in total. The molecule has 16 heteroatoms. The molecule has 2 aliphatic heterocycles. The zero-order valence-corrected chi connectivity index (χ0v) is 31.1. The number of ether oxygens (including phenoxy) is 3. The van der Waals surface area contributed by atoms with Gasteiger partial charge in [-0.1, -0.05) is 60.7 Å². The molecule has 4 heterocycles. The first-order valence-electron chi connectivity index (χ1n) is 16.3. The number of benzene rings is 2. The summed E-state index contributed by atoms with van der Waals surface area (Å²) >= 11 is 0. The number of alkyl halides is 3. The van der Waals surface area contributed by atoms with Crippen molar-refractivity contribution in [2.75, 3.05) is 53.0 Å². The molecular weight excluding hydrogens is 744 g/mol. The van der Waals surface area contributed by atoms with E-state index in [1.54, 1.807) is 31.5 Å². The molecular formula is C36H42Cl3F3N6O4. The third-order valence-electron chi connectivity index (χ3n) is 8.92. The Labute approximate surface area is 319 Å². The average Bonchev–Trinajstić information content (AvgIpc) is 3.12. The van der Waals surface area contributed by atoms with E-state index in [1.807, 2.05) is 41.3 Å². The number of methoxy groups -OCH3 is 1. The summed E-state index contributed by atoms with van der Waals surface area (Å²) in [7, 11) is 1.40. The van der Waals surface area contributed by atoms with E-state index in [0.717, 1.165) is 11.1 Å². The third kappa shape index (κ3) is 10.2. The number of aromatic nitrogens is 3. The van der Waals surface area contributed by atoms with Crippen LogP contribution in [0.3, 0.4) is 0 Å². The van der Waals surface area contributed by atoms with Crippen LogP contribution in [0.2, 0.25) is 0 Å². The number of pyridine rings is 1. The first kappa shape index (κ1) is 42.5. The number of rotatable bonds is 11. The quantitative estimate of drug-likeness (QED) is 0.173. The maximum Gasteiger partial charge on any atom is 0.422 e. The molecule has 0 aliphatic carbocycles. The second-order valence-electron chi connectivity index (χ2n) is 12.1. The van der Waals surface area contributed by atoms with E-state index in [1.165, 1.54) is 7.11 Å². The molecule has 2 aromatic heterocycles. The summed E-state index contributed by atoms with van der Waals surface area (Å²) in [4.78, 5) is 32.7. The predicted octanol–water partition coefficient (Wildman–Crippen LogP) is 6.33. The van der Waals surface area contributed by atoms with Crippen LogP contribution in [0.15, 0.2) is 85.2 Å². The largest absolute Gasteiger partial charge is 0.481 e. The van der Waals surface area contributed by atoms with Crippen LogP contribution >= 0.6 is 37.2 Å². The molecule has 0 radical (unpaired) electrons. The molecule has 6 rings (SSSR count). The van der Waals surface area contributed by atoms with Gasteiger partial charge in [-0.15, -0.1) is 37.2 Å². The van der Waals surface area contributed by atoms with Crippen LogP contribution < -0.4 is 14.2 Å². The van der Waals surface area contributed by atoms with E-state index in [9.17, 15) is 18.0 Å². The van der Waals surface area contributed by atoms with Crippen molar-refractivity contribution in [3.63, 3.8) is 0 Å². The van der Waals surface area contributed by atoms with Crippen LogP contribution in [0, 0.1) is 0 Å². The highest BCUT2D eigenvalue weighted by atomic mass is 35.5. The van der Waals surface area contributed by atoms with Gasteiger partial charge in [0.15, 0.2) is 6.61 Å². The van der Waals surface area contributed by atoms with E-state index in [0.29, 0.717) is 43.9 Å². The van der Waals surface area contributed by atoms with Gasteiger partial charge in [-0.3, -0.25) is 19.6 Å².